The largest absolute Gasteiger partial charge is 0.361 e. The number of nitrogens with one attached hydrogen (secondary N) is 2. The lowest BCUT2D eigenvalue weighted by atomic mass is 10.2. The van der Waals surface area contributed by atoms with Crippen LogP contribution in [0, 0.1) is 3.57 Å². The first kappa shape index (κ1) is 15.1. The number of carbonyl (C=O) groups is 1. The van der Waals surface area contributed by atoms with Gasteiger partial charge in [-0.25, -0.2) is 5.43 Å². The van der Waals surface area contributed by atoms with Gasteiger partial charge in [-0.1, -0.05) is 29.8 Å². The van der Waals surface area contributed by atoms with E-state index in [0.717, 1.165) is 20.0 Å². The van der Waals surface area contributed by atoms with Crippen LogP contribution in [0.5, 0.6) is 0 Å². The Bertz CT molecular complexity index is 873. The number of rotatable bonds is 3. The Morgan fingerprint density at radius 3 is 2.95 bits per heavy atom. The zero-order valence-electron chi connectivity index (χ0n) is 11.3. The van der Waals surface area contributed by atoms with Crippen LogP contribution in [0.3, 0.4) is 0 Å². The zero-order valence-corrected chi connectivity index (χ0v) is 14.2. The molecule has 2 N–H and O–H groups in total. The molecular formula is C16H11ClIN3O. The van der Waals surface area contributed by atoms with Gasteiger partial charge in [0.15, 0.2) is 0 Å². The first-order valence-corrected chi connectivity index (χ1v) is 7.95. The Kier molecular flexibility index (Phi) is 4.44. The summed E-state index contributed by atoms with van der Waals surface area (Å²) in [5.74, 6) is -0.334. The van der Waals surface area contributed by atoms with E-state index in [2.05, 4.69) is 38.1 Å². The summed E-state index contributed by atoms with van der Waals surface area (Å²) >= 11 is 8.16. The molecule has 0 saturated carbocycles. The summed E-state index contributed by atoms with van der Waals surface area (Å²) in [4.78, 5) is 15.2. The van der Waals surface area contributed by atoms with Crippen LogP contribution in [-0.2, 0) is 0 Å². The lowest BCUT2D eigenvalue weighted by Gasteiger charge is -2.03. The molecule has 0 fully saturated rings. The van der Waals surface area contributed by atoms with Gasteiger partial charge in [0, 0.05) is 26.2 Å². The number of aromatic nitrogens is 1. The highest BCUT2D eigenvalue weighted by Crippen LogP contribution is 2.19. The highest BCUT2D eigenvalue weighted by molar-refractivity contribution is 14.1. The molecule has 22 heavy (non-hydrogen) atoms. The fraction of sp³-hybridized carbons (Fsp3) is 0. The van der Waals surface area contributed by atoms with Gasteiger partial charge >= 0.3 is 0 Å². The van der Waals surface area contributed by atoms with Crippen LogP contribution in [0.15, 0.2) is 53.8 Å². The van der Waals surface area contributed by atoms with Gasteiger partial charge in [-0.3, -0.25) is 4.79 Å². The second kappa shape index (κ2) is 6.50. The Morgan fingerprint density at radius 2 is 2.09 bits per heavy atom. The molecular weight excluding hydrogens is 413 g/mol. The van der Waals surface area contributed by atoms with Crippen molar-refractivity contribution >= 4 is 57.2 Å². The molecule has 110 valence electrons. The van der Waals surface area contributed by atoms with Crippen molar-refractivity contribution in [3.63, 3.8) is 0 Å². The van der Waals surface area contributed by atoms with E-state index in [-0.39, 0.29) is 5.91 Å². The molecule has 0 unspecified atom stereocenters. The summed E-state index contributed by atoms with van der Waals surface area (Å²) < 4.78 is 0.938. The first-order valence-electron chi connectivity index (χ1n) is 6.50. The molecule has 0 aliphatic heterocycles. The number of hydrogen-bond acceptors (Lipinski definition) is 2. The molecule has 1 amide bonds. The summed E-state index contributed by atoms with van der Waals surface area (Å²) in [7, 11) is 0. The second-order valence-electron chi connectivity index (χ2n) is 4.61. The summed E-state index contributed by atoms with van der Waals surface area (Å²) in [6.45, 7) is 0. The number of aromatic amines is 1. The van der Waals surface area contributed by atoms with Crippen LogP contribution < -0.4 is 5.43 Å². The van der Waals surface area contributed by atoms with Gasteiger partial charge in [-0.15, -0.1) is 0 Å². The van der Waals surface area contributed by atoms with E-state index in [4.69, 9.17) is 11.6 Å². The molecule has 0 saturated heterocycles. The lowest BCUT2D eigenvalue weighted by molar-refractivity contribution is 0.0955. The van der Waals surface area contributed by atoms with E-state index in [1.165, 1.54) is 0 Å². The molecule has 0 aliphatic carbocycles. The monoisotopic (exact) mass is 423 g/mol. The predicted molar refractivity (Wildman–Crippen MR) is 97.5 cm³/mol. The third kappa shape index (κ3) is 3.15. The Balaban J connectivity index is 1.77. The van der Waals surface area contributed by atoms with Crippen LogP contribution >= 0.6 is 34.2 Å². The summed E-state index contributed by atoms with van der Waals surface area (Å²) in [6, 6.07) is 13.1. The Labute approximate surface area is 145 Å². The normalized spacial score (nSPS) is 11.2. The van der Waals surface area contributed by atoms with Crippen LogP contribution in [0.2, 0.25) is 5.02 Å². The molecule has 0 bridgehead atoms. The molecule has 1 aromatic heterocycles. The van der Waals surface area contributed by atoms with Crippen LogP contribution in [0.25, 0.3) is 10.9 Å². The van der Waals surface area contributed by atoms with E-state index in [1.54, 1.807) is 18.3 Å². The zero-order chi connectivity index (χ0) is 15.5. The molecule has 0 atom stereocenters. The summed E-state index contributed by atoms with van der Waals surface area (Å²) in [5.41, 5.74) is 4.84. The number of carbonyl (C=O) groups excluding carboxylic acids is 1. The van der Waals surface area contributed by atoms with Crippen molar-refractivity contribution in [3.05, 3.63) is 68.4 Å². The number of para-hydroxylation sites is 1. The molecule has 2 aromatic carbocycles. The van der Waals surface area contributed by atoms with Gasteiger partial charge in [0.2, 0.25) is 0 Å². The summed E-state index contributed by atoms with van der Waals surface area (Å²) in [6.07, 6.45) is 3.46. The molecule has 1 heterocycles. The number of hydrazone groups is 1. The van der Waals surface area contributed by atoms with Gasteiger partial charge < -0.3 is 4.98 Å². The number of benzene rings is 2. The van der Waals surface area contributed by atoms with Crippen LogP contribution in [0.4, 0.5) is 0 Å². The fourth-order valence-electron chi connectivity index (χ4n) is 2.09. The third-order valence-electron chi connectivity index (χ3n) is 3.16. The minimum Gasteiger partial charge on any atom is -0.361 e. The van der Waals surface area contributed by atoms with Crippen molar-refractivity contribution < 1.29 is 4.79 Å². The van der Waals surface area contributed by atoms with Crippen molar-refractivity contribution in [3.8, 4) is 0 Å². The third-order valence-corrected chi connectivity index (χ3v) is 4.16. The summed E-state index contributed by atoms with van der Waals surface area (Å²) in [5, 5.41) is 5.46. The first-order chi connectivity index (χ1) is 10.6. The highest BCUT2D eigenvalue weighted by Gasteiger charge is 2.09. The Hall–Kier alpha value is -1.86. The van der Waals surface area contributed by atoms with Gasteiger partial charge in [0.1, 0.15) is 0 Å². The maximum atomic E-state index is 12.1. The maximum absolute atomic E-state index is 12.1. The molecule has 3 aromatic rings. The smallest absolute Gasteiger partial charge is 0.272 e. The number of hydrogen-bond donors (Lipinski definition) is 2. The molecule has 6 heteroatoms. The van der Waals surface area contributed by atoms with Gasteiger partial charge in [-0.05, 0) is 46.9 Å². The van der Waals surface area contributed by atoms with E-state index >= 15 is 0 Å². The molecule has 0 radical (unpaired) electrons. The van der Waals surface area contributed by atoms with Crippen molar-refractivity contribution in [2.75, 3.05) is 0 Å². The van der Waals surface area contributed by atoms with Crippen molar-refractivity contribution in [2.24, 2.45) is 5.10 Å². The number of fused-ring (bicyclic) bond motifs is 1. The van der Waals surface area contributed by atoms with Gasteiger partial charge in [0.25, 0.3) is 5.91 Å². The van der Waals surface area contributed by atoms with Gasteiger partial charge in [0.05, 0.1) is 16.8 Å². The van der Waals surface area contributed by atoms with Gasteiger partial charge in [-0.2, -0.15) is 5.10 Å². The van der Waals surface area contributed by atoms with Crippen LogP contribution in [-0.4, -0.2) is 17.1 Å². The topological polar surface area (TPSA) is 57.2 Å². The van der Waals surface area contributed by atoms with Crippen molar-refractivity contribution in [2.45, 2.75) is 0 Å². The molecule has 0 spiro atoms. The number of amides is 1. The fourth-order valence-corrected chi connectivity index (χ4v) is 2.79. The standard InChI is InChI=1S/C16H11ClIN3O/c17-14-6-5-11(18)7-13(14)16(22)21-20-9-10-8-19-15-4-2-1-3-12(10)15/h1-9,19H,(H,21,22)/b20-9-. The number of H-pyrrole nitrogens is 1. The minimum absolute atomic E-state index is 0.334. The van der Waals surface area contributed by atoms with E-state index in [0.29, 0.717) is 10.6 Å². The number of halogens is 2. The Morgan fingerprint density at radius 1 is 1.27 bits per heavy atom. The molecule has 3 rings (SSSR count). The van der Waals surface area contributed by atoms with E-state index in [9.17, 15) is 4.79 Å². The molecule has 0 aliphatic rings. The maximum Gasteiger partial charge on any atom is 0.272 e. The second-order valence-corrected chi connectivity index (χ2v) is 6.27. The molecule has 4 nitrogen and oxygen atoms in total. The quantitative estimate of drug-likeness (QED) is 0.370. The SMILES string of the molecule is O=C(N/N=C\c1c[nH]c2ccccc12)c1cc(I)ccc1Cl. The average molecular weight is 424 g/mol. The van der Waals surface area contributed by atoms with Crippen molar-refractivity contribution in [1.82, 2.24) is 10.4 Å². The van der Waals surface area contributed by atoms with Crippen molar-refractivity contribution in [1.29, 1.82) is 0 Å². The number of nitrogens with zero attached hydrogens (tertiary/aromatic N) is 1. The van der Waals surface area contributed by atoms with E-state index < -0.39 is 0 Å². The predicted octanol–water partition coefficient (Wildman–Crippen LogP) is 4.19. The van der Waals surface area contributed by atoms with E-state index in [1.807, 2.05) is 36.5 Å². The highest BCUT2D eigenvalue weighted by atomic mass is 127. The minimum atomic E-state index is -0.334. The van der Waals surface area contributed by atoms with Crippen LogP contribution in [0.1, 0.15) is 15.9 Å². The lowest BCUT2D eigenvalue weighted by Crippen LogP contribution is -2.18. The average Bonchev–Trinajstić information content (AvgIpc) is 2.93.